The van der Waals surface area contributed by atoms with Crippen molar-refractivity contribution in [2.75, 3.05) is 7.11 Å². The van der Waals surface area contributed by atoms with Crippen LogP contribution in [0, 0.1) is 0 Å². The molecular formula is C2H8B2O. The Kier molecular flexibility index (Phi) is 4.16. The van der Waals surface area contributed by atoms with Crippen LogP contribution in [0.25, 0.3) is 0 Å². The highest BCUT2D eigenvalue weighted by atomic mass is 16.4. The normalized spacial score (nSPS) is 6.80. The summed E-state index contributed by atoms with van der Waals surface area (Å²) in [5.41, 5.74) is 0. The third kappa shape index (κ3) is 4.09. The lowest BCUT2D eigenvalue weighted by Gasteiger charge is -1.79. The molecule has 0 heterocycles. The molecule has 0 rings (SSSR count). The van der Waals surface area contributed by atoms with Crippen LogP contribution in [0.5, 0.6) is 0 Å². The van der Waals surface area contributed by atoms with Crippen LogP contribution in [0.3, 0.4) is 0 Å². The van der Waals surface area contributed by atoms with Crippen molar-refractivity contribution >= 4 is 14.5 Å². The van der Waals surface area contributed by atoms with Crippen LogP contribution < -0.4 is 0 Å². The molecule has 0 saturated carbocycles. The summed E-state index contributed by atoms with van der Waals surface area (Å²) in [4.78, 5) is 0. The lowest BCUT2D eigenvalue weighted by molar-refractivity contribution is 0.454. The second kappa shape index (κ2) is 4.09. The van der Waals surface area contributed by atoms with Gasteiger partial charge in [0.15, 0.2) is 0 Å². The molecular weight excluding hydrogens is 61.6 g/mol. The van der Waals surface area contributed by atoms with Gasteiger partial charge in [0.2, 0.25) is 7.37 Å². The van der Waals surface area contributed by atoms with Crippen molar-refractivity contribution in [1.82, 2.24) is 0 Å². The summed E-state index contributed by atoms with van der Waals surface area (Å²) in [7, 11) is 3.72. The minimum Gasteiger partial charge on any atom is -0.452 e. The first-order chi connectivity index (χ1) is 2.41. The molecule has 0 spiro atoms. The van der Waals surface area contributed by atoms with Gasteiger partial charge >= 0.3 is 0 Å². The number of rotatable bonds is 2. The molecule has 28 valence electrons. The Balaban J connectivity index is 2.19. The van der Waals surface area contributed by atoms with Crippen molar-refractivity contribution in [3.8, 4) is 0 Å². The molecule has 0 aromatic heterocycles. The van der Waals surface area contributed by atoms with Crippen LogP contribution in [0.1, 0.15) is 0 Å². The van der Waals surface area contributed by atoms with E-state index >= 15 is 0 Å². The second-order valence-electron chi connectivity index (χ2n) is 0.993. The minimum atomic E-state index is 0.889. The maximum Gasteiger partial charge on any atom is 0.233 e. The summed E-state index contributed by atoms with van der Waals surface area (Å²) in [6.45, 7) is 2.09. The van der Waals surface area contributed by atoms with Gasteiger partial charge in [0.25, 0.3) is 0 Å². The average Bonchev–Trinajstić information content (AvgIpc) is 1.41. The van der Waals surface area contributed by atoms with E-state index in [0.29, 0.717) is 0 Å². The zero-order chi connectivity index (χ0) is 4.12. The monoisotopic (exact) mass is 70.1 g/mol. The summed E-state index contributed by atoms with van der Waals surface area (Å²) < 4.78 is 4.69. The third-order valence-electron chi connectivity index (χ3n) is 0.408. The molecule has 0 radical (unpaired) electrons. The maximum absolute atomic E-state index is 4.69. The van der Waals surface area contributed by atoms with Crippen LogP contribution in [-0.4, -0.2) is 21.7 Å². The summed E-state index contributed by atoms with van der Waals surface area (Å²) in [6, 6.07) is 0. The fraction of sp³-hybridized carbons (Fsp3) is 1.00. The summed E-state index contributed by atoms with van der Waals surface area (Å²) in [5, 5.41) is 0. The van der Waals surface area contributed by atoms with E-state index in [4.69, 9.17) is 4.65 Å². The van der Waals surface area contributed by atoms with Gasteiger partial charge in [0.1, 0.15) is 7.17 Å². The van der Waals surface area contributed by atoms with E-state index in [2.05, 4.69) is 6.82 Å². The van der Waals surface area contributed by atoms with E-state index in [-0.39, 0.29) is 0 Å². The fourth-order valence-electron chi connectivity index (χ4n) is 0.204. The Morgan fingerprint density at radius 1 is 1.60 bits per heavy atom. The molecule has 0 fully saturated rings. The van der Waals surface area contributed by atoms with Crippen molar-refractivity contribution < 1.29 is 4.65 Å². The van der Waals surface area contributed by atoms with E-state index in [1.165, 1.54) is 0 Å². The van der Waals surface area contributed by atoms with Gasteiger partial charge in [-0.25, -0.2) is 0 Å². The Labute approximate surface area is 34.2 Å². The Hall–Kier alpha value is 0.0899. The highest BCUT2D eigenvalue weighted by molar-refractivity contribution is 6.96. The maximum atomic E-state index is 4.69. The van der Waals surface area contributed by atoms with Gasteiger partial charge in [0.05, 0.1) is 0 Å². The predicted octanol–water partition coefficient (Wildman–Crippen LogP) is -0.616. The molecule has 0 aromatic carbocycles. The van der Waals surface area contributed by atoms with Crippen LogP contribution in [0.4, 0.5) is 0 Å². The average molecular weight is 69.7 g/mol. The molecule has 0 N–H and O–H groups in total. The first-order valence-electron chi connectivity index (χ1n) is 1.90. The molecule has 0 aliphatic carbocycles. The molecule has 0 aliphatic heterocycles. The van der Waals surface area contributed by atoms with Crippen molar-refractivity contribution in [2.24, 2.45) is 0 Å². The summed E-state index contributed by atoms with van der Waals surface area (Å²) in [6.07, 6.45) is 0. The first-order valence-corrected chi connectivity index (χ1v) is 1.90. The fourth-order valence-corrected chi connectivity index (χ4v) is 0.204. The molecule has 0 aromatic rings. The van der Waals surface area contributed by atoms with Gasteiger partial charge < -0.3 is 4.65 Å². The SMILES string of the molecule is CBBOC. The Morgan fingerprint density at radius 2 is 2.20 bits per heavy atom. The van der Waals surface area contributed by atoms with Gasteiger partial charge in [-0.15, -0.1) is 0 Å². The van der Waals surface area contributed by atoms with Gasteiger partial charge in [-0.3, -0.25) is 0 Å². The van der Waals surface area contributed by atoms with Gasteiger partial charge in [0, 0.05) is 7.11 Å². The number of hydrogen-bond acceptors (Lipinski definition) is 1. The topological polar surface area (TPSA) is 9.23 Å². The smallest absolute Gasteiger partial charge is 0.233 e. The standard InChI is InChI=1S/C2H8B2O/c1-3-4-5-2/h3-4H,1-2H3. The molecule has 0 bridgehead atoms. The predicted molar refractivity (Wildman–Crippen MR) is 27.2 cm³/mol. The zero-order valence-electron chi connectivity index (χ0n) is 3.82. The minimum absolute atomic E-state index is 0.889. The van der Waals surface area contributed by atoms with Crippen LogP contribution in [0.2, 0.25) is 6.82 Å². The van der Waals surface area contributed by atoms with Crippen LogP contribution >= 0.6 is 0 Å². The lowest BCUT2D eigenvalue weighted by Crippen LogP contribution is -1.99. The van der Waals surface area contributed by atoms with Gasteiger partial charge in [-0.2, -0.15) is 0 Å². The van der Waals surface area contributed by atoms with E-state index in [9.17, 15) is 0 Å². The van der Waals surface area contributed by atoms with Crippen LogP contribution in [0.15, 0.2) is 0 Å². The van der Waals surface area contributed by atoms with E-state index in [1.54, 1.807) is 7.11 Å². The zero-order valence-corrected chi connectivity index (χ0v) is 3.82. The highest BCUT2D eigenvalue weighted by Crippen LogP contribution is 1.51. The van der Waals surface area contributed by atoms with Crippen molar-refractivity contribution in [3.05, 3.63) is 0 Å². The van der Waals surface area contributed by atoms with Crippen molar-refractivity contribution in [1.29, 1.82) is 0 Å². The molecule has 0 saturated heterocycles. The molecule has 3 heteroatoms. The van der Waals surface area contributed by atoms with E-state index in [0.717, 1.165) is 14.5 Å². The van der Waals surface area contributed by atoms with Crippen LogP contribution in [-0.2, 0) is 4.65 Å². The molecule has 0 unspecified atom stereocenters. The summed E-state index contributed by atoms with van der Waals surface area (Å²) >= 11 is 0. The molecule has 1 nitrogen and oxygen atoms in total. The molecule has 0 amide bonds. The largest absolute Gasteiger partial charge is 0.452 e. The van der Waals surface area contributed by atoms with E-state index in [1.807, 2.05) is 0 Å². The first kappa shape index (κ1) is 5.09. The van der Waals surface area contributed by atoms with Crippen molar-refractivity contribution in [2.45, 2.75) is 6.82 Å². The molecule has 0 atom stereocenters. The Bertz CT molecular complexity index is 15.1. The second-order valence-corrected chi connectivity index (χ2v) is 0.993. The van der Waals surface area contributed by atoms with Gasteiger partial charge in [-0.1, -0.05) is 6.82 Å². The molecule has 0 aliphatic rings. The quantitative estimate of drug-likeness (QED) is 0.393. The summed E-state index contributed by atoms with van der Waals surface area (Å²) in [5.74, 6) is 0. The lowest BCUT2D eigenvalue weighted by atomic mass is 9.52. The van der Waals surface area contributed by atoms with Crippen molar-refractivity contribution in [3.63, 3.8) is 0 Å². The van der Waals surface area contributed by atoms with Gasteiger partial charge in [-0.05, 0) is 0 Å². The third-order valence-corrected chi connectivity index (χ3v) is 0.408. The Morgan fingerprint density at radius 3 is 2.20 bits per heavy atom. The van der Waals surface area contributed by atoms with E-state index < -0.39 is 0 Å². The number of hydrogen-bond donors (Lipinski definition) is 0. The molecule has 5 heavy (non-hydrogen) atoms. The highest BCUT2D eigenvalue weighted by Gasteiger charge is 1.76.